The van der Waals surface area contributed by atoms with Gasteiger partial charge in [-0.15, -0.1) is 0 Å². The molecule has 0 aliphatic carbocycles. The molecule has 0 aromatic carbocycles. The molecule has 0 fully saturated rings. The Hall–Kier alpha value is 3.22. The zero-order valence-electron chi connectivity index (χ0n) is 16.7. The molecule has 0 unspecified atom stereocenters. The van der Waals surface area contributed by atoms with Crippen molar-refractivity contribution in [2.75, 3.05) is 0 Å². The summed E-state index contributed by atoms with van der Waals surface area (Å²) in [6.45, 7) is 0. The first-order valence-corrected chi connectivity index (χ1v) is 45.1. The van der Waals surface area contributed by atoms with Crippen molar-refractivity contribution in [3.05, 3.63) is 0 Å². The molecule has 0 amide bonds. The van der Waals surface area contributed by atoms with Crippen LogP contribution in [0.4, 0.5) is 86.8 Å². The average Bonchev–Trinajstić information content (AvgIpc) is 1.85. The summed E-state index contributed by atoms with van der Waals surface area (Å²) in [7, 11) is 0. The van der Waals surface area contributed by atoms with E-state index in [1.165, 1.54) is 0 Å². The summed E-state index contributed by atoms with van der Waals surface area (Å²) >= 11 is -117. The van der Waals surface area contributed by atoms with Crippen molar-refractivity contribution in [2.24, 2.45) is 0 Å². The minimum absolute atomic E-state index is 0.915. The summed E-state index contributed by atoms with van der Waals surface area (Å²) in [6, 6.07) is 0. The molecule has 6 nitrogen and oxygen atoms in total. The Morgan fingerprint density at radius 3 is 0.302 bits per heavy atom. The van der Waals surface area contributed by atoms with Gasteiger partial charge in [-0.05, 0) is 0 Å². The second-order valence-corrected chi connectivity index (χ2v) is 63.8. The maximum absolute atomic E-state index is 19.0. The topological polar surface area (TPSA) is 55.4 Å². The van der Waals surface area contributed by atoms with Crippen molar-refractivity contribution in [2.45, 2.75) is 0 Å². The van der Waals surface area contributed by atoms with Crippen LogP contribution in [0.15, 0.2) is 0 Å². The van der Waals surface area contributed by atoms with Gasteiger partial charge in [-0.25, -0.2) is 0 Å². The monoisotopic (exact) mass is 1570 g/mol. The maximum atomic E-state index is 12.9. The third-order valence-electron chi connectivity index (χ3n) is 1.76. The van der Waals surface area contributed by atoms with Crippen molar-refractivity contribution < 1.29 is 95.0 Å². The van der Waals surface area contributed by atoms with Crippen LogP contribution in [-0.4, -0.2) is 131 Å². The summed E-state index contributed by atoms with van der Waals surface area (Å²) in [5.74, 6) is 0. The molecule has 43 heteroatoms. The van der Waals surface area contributed by atoms with E-state index in [1.54, 1.807) is 0 Å². The van der Waals surface area contributed by atoms with Gasteiger partial charge >= 0.3 is 226 Å². The number of rotatable bonds is 12. The third kappa shape index (κ3) is 21.1. The van der Waals surface area contributed by atoms with E-state index in [9.17, 15) is 86.8 Å². The Balaban J connectivity index is 10.5. The molecule has 0 aliphatic heterocycles. The summed E-state index contributed by atoms with van der Waals surface area (Å²) in [6.07, 6.45) is 0. The fourth-order valence-electron chi connectivity index (χ4n) is 1.91. The van der Waals surface area contributed by atoms with Crippen molar-refractivity contribution in [3.8, 4) is 0 Å². The molecule has 0 saturated carbocycles. The second kappa shape index (κ2) is 6.78. The third-order valence-corrected chi connectivity index (χ3v) is 79.1. The molecule has 0 heterocycles. The molecule has 0 saturated heterocycles. The van der Waals surface area contributed by atoms with E-state index in [0.717, 1.165) is 0 Å². The van der Waals surface area contributed by atoms with E-state index in [2.05, 4.69) is 0 Å². The van der Waals surface area contributed by atoms with Gasteiger partial charge in [0.1, 0.15) is 0 Å². The molecule has 0 N–H and O–H groups in total. The summed E-state index contributed by atoms with van der Waals surface area (Å²) in [5.41, 5.74) is 0. The van der Waals surface area contributed by atoms with Crippen molar-refractivity contribution in [3.63, 3.8) is 0 Å². The van der Waals surface area contributed by atoms with Crippen LogP contribution < -0.4 is 0 Å². The van der Waals surface area contributed by atoms with Gasteiger partial charge in [-0.1, -0.05) is 0 Å². The Morgan fingerprint density at radius 2 is 0.256 bits per heavy atom. The van der Waals surface area contributed by atoms with Crippen LogP contribution in [0.2, 0.25) is 0 Å². The number of hydrogen-bond acceptors (Lipinski definition) is 6. The molecule has 0 atom stereocenters. The van der Waals surface area contributed by atoms with Gasteiger partial charge in [0.05, 0.1) is 0 Å². The molecule has 43 heavy (non-hydrogen) atoms. The van der Waals surface area contributed by atoms with Crippen molar-refractivity contribution >= 4 is 131 Å². The van der Waals surface area contributed by atoms with Crippen LogP contribution in [0.25, 0.3) is 0 Å². The molecular weight excluding hydrogens is 1550 g/mol. The molecule has 0 aliphatic rings. The van der Waals surface area contributed by atoms with Gasteiger partial charge in [-0.3, -0.25) is 0 Å². The average molecular weight is 1550 g/mol. The predicted molar refractivity (Wildman–Crippen MR) is 80.0 cm³/mol. The van der Waals surface area contributed by atoms with E-state index < -0.39 is 139 Å². The summed E-state index contributed by atoms with van der Waals surface area (Å²) in [4.78, 5) is 0. The predicted octanol–water partition coefficient (Wildman–Crippen LogP) is 9.53. The summed E-state index contributed by atoms with van der Waals surface area (Å²) in [5, 5.41) is 0. The zero-order chi connectivity index (χ0) is 37.1. The Labute approximate surface area is 222 Å². The van der Waals surface area contributed by atoms with Crippen molar-refractivity contribution in [1.29, 1.82) is 0 Å². The molecule has 0 aromatic rings. The minimum atomic E-state index is -19.0. The fourth-order valence-corrected chi connectivity index (χ4v) is 134. The van der Waals surface area contributed by atoms with E-state index in [4.69, 9.17) is 0 Å². The Morgan fingerprint density at radius 1 is 0.186 bits per heavy atom. The van der Waals surface area contributed by atoms with E-state index >= 15 is 0 Å². The van der Waals surface area contributed by atoms with Gasteiger partial charge in [0.25, 0.3) is 0 Å². The SMILES string of the molecule is F[Te](F)(F)(F)(F)[O][Sb-]([O][Te](F)(F)(F)(F)F)([O][Te](F)(F)(F)(F)F)([O][Te](F)(F)(F)(F)F)([O][Te](F)(F)(F)(F)F)[O][Te](F)(F)(F)(F)F. The zero-order valence-corrected chi connectivity index (χ0v) is 33.2. The fraction of sp³-hybridized carbons (Fsp3) is 0. The number of halogens is 30. The molecule has 0 bridgehead atoms. The first-order valence-electron chi connectivity index (χ1n) is 6.72. The Bertz CT molecular complexity index is 988. The normalized spacial score (nSPS) is 27.2. The van der Waals surface area contributed by atoms with Gasteiger partial charge < -0.3 is 0 Å². The van der Waals surface area contributed by atoms with E-state index in [0.29, 0.717) is 0 Å². The first kappa shape index (κ1) is 46.2. The Kier molecular flexibility index (Phi) is 7.28. The molecule has 0 radical (unpaired) electrons. The molecular formula is F30O6SbTe6-. The van der Waals surface area contributed by atoms with E-state index in [1.807, 2.05) is 0 Å². The van der Waals surface area contributed by atoms with Gasteiger partial charge in [0.15, 0.2) is 0 Å². The van der Waals surface area contributed by atoms with Crippen molar-refractivity contribution in [1.82, 2.24) is 0 Å². The van der Waals surface area contributed by atoms with Gasteiger partial charge in [0.2, 0.25) is 0 Å². The van der Waals surface area contributed by atoms with Crippen LogP contribution in [0, 0.1) is 0 Å². The first-order chi connectivity index (χ1) is 15.7. The molecule has 288 valence electrons. The van der Waals surface area contributed by atoms with Gasteiger partial charge in [0, 0.05) is 0 Å². The standard InChI is InChI=1S/6F5HOTe.Sb/c6*1-7(2,3,4,5)6;/h6*6H;/q;;;;;;+5/p-6. The van der Waals surface area contributed by atoms with Crippen LogP contribution in [0.3, 0.4) is 0 Å². The van der Waals surface area contributed by atoms with E-state index in [-0.39, 0.29) is 0 Å². The van der Waals surface area contributed by atoms with Crippen LogP contribution >= 0.6 is 0 Å². The molecule has 0 spiro atoms. The molecule has 0 aromatic heterocycles. The van der Waals surface area contributed by atoms with Gasteiger partial charge in [-0.2, -0.15) is 0 Å². The number of hydrogen-bond donors (Lipinski definition) is 0. The van der Waals surface area contributed by atoms with Crippen LogP contribution in [0.1, 0.15) is 0 Å². The quantitative estimate of drug-likeness (QED) is 0.144. The molecule has 0 rings (SSSR count). The summed E-state index contributed by atoms with van der Waals surface area (Å²) < 4.78 is 380. The van der Waals surface area contributed by atoms with Crippen LogP contribution in [-0.2, 0) is 8.28 Å². The second-order valence-electron chi connectivity index (χ2n) is 6.95. The van der Waals surface area contributed by atoms with Crippen LogP contribution in [0.5, 0.6) is 0 Å².